The molecule has 0 saturated carbocycles. The van der Waals surface area contributed by atoms with Crippen molar-refractivity contribution in [2.75, 3.05) is 6.61 Å². The molecular weight excluding hydrogens is 196 g/mol. The summed E-state index contributed by atoms with van der Waals surface area (Å²) >= 11 is 0. The maximum Gasteiger partial charge on any atom is 0.306 e. The monoisotopic (exact) mass is 214 g/mol. The van der Waals surface area contributed by atoms with Gasteiger partial charge in [0.1, 0.15) is 0 Å². The van der Waals surface area contributed by atoms with Crippen LogP contribution in [-0.4, -0.2) is 24.1 Å². The summed E-state index contributed by atoms with van der Waals surface area (Å²) in [5.41, 5.74) is 0. The van der Waals surface area contributed by atoms with E-state index in [0.717, 1.165) is 0 Å². The molecule has 0 amide bonds. The van der Waals surface area contributed by atoms with Crippen LogP contribution in [0.15, 0.2) is 0 Å². The summed E-state index contributed by atoms with van der Waals surface area (Å²) in [5.74, 6) is -0.961. The summed E-state index contributed by atoms with van der Waals surface area (Å²) in [6, 6.07) is 0. The van der Waals surface area contributed by atoms with Crippen molar-refractivity contribution in [3.05, 3.63) is 0 Å². The average Bonchev–Trinajstić information content (AvgIpc) is 2.14. The van der Waals surface area contributed by atoms with E-state index in [-0.39, 0.29) is 24.1 Å². The third kappa shape index (κ3) is 6.82. The van der Waals surface area contributed by atoms with E-state index in [1.54, 1.807) is 6.92 Å². The van der Waals surface area contributed by atoms with E-state index in [9.17, 15) is 14.4 Å². The summed E-state index contributed by atoms with van der Waals surface area (Å²) in [6.07, 6.45) is 1.08. The van der Waals surface area contributed by atoms with Gasteiger partial charge in [0, 0.05) is 19.8 Å². The molecule has 0 heterocycles. The number of rotatable bonds is 7. The van der Waals surface area contributed by atoms with Gasteiger partial charge >= 0.3 is 5.97 Å². The van der Waals surface area contributed by atoms with E-state index in [4.69, 9.17) is 4.74 Å². The molecule has 0 aromatic rings. The van der Waals surface area contributed by atoms with Crippen LogP contribution in [0.25, 0.3) is 0 Å². The number of hydrogen-bond acceptors (Lipinski definition) is 4. The van der Waals surface area contributed by atoms with Crippen molar-refractivity contribution in [2.24, 2.45) is 5.92 Å². The second-order valence-electron chi connectivity index (χ2n) is 3.63. The zero-order valence-electron chi connectivity index (χ0n) is 9.54. The Labute approximate surface area is 90.0 Å². The molecule has 0 aromatic carbocycles. The topological polar surface area (TPSA) is 60.4 Å². The van der Waals surface area contributed by atoms with E-state index in [0.29, 0.717) is 19.4 Å². The van der Waals surface area contributed by atoms with Crippen LogP contribution in [0.1, 0.15) is 40.0 Å². The molecule has 0 fully saturated rings. The Kier molecular flexibility index (Phi) is 6.58. The van der Waals surface area contributed by atoms with Gasteiger partial charge < -0.3 is 4.74 Å². The molecule has 0 radical (unpaired) electrons. The van der Waals surface area contributed by atoms with E-state index in [1.165, 1.54) is 6.92 Å². The maximum atomic E-state index is 11.1. The Balaban J connectivity index is 3.75. The standard InChI is InChI=1S/C11H18O4/c1-4-15-11(14)7-8(2)5-6-10(13)9(3)12/h8H,4-7H2,1-3H3. The highest BCUT2D eigenvalue weighted by atomic mass is 16.5. The summed E-state index contributed by atoms with van der Waals surface area (Å²) in [5, 5.41) is 0. The van der Waals surface area contributed by atoms with Gasteiger partial charge in [0.2, 0.25) is 0 Å². The molecule has 0 N–H and O–H groups in total. The molecule has 1 unspecified atom stereocenters. The Morgan fingerprint density at radius 1 is 1.27 bits per heavy atom. The highest BCUT2D eigenvalue weighted by Crippen LogP contribution is 2.11. The fraction of sp³-hybridized carbons (Fsp3) is 0.727. The Bertz CT molecular complexity index is 245. The van der Waals surface area contributed by atoms with Crippen molar-refractivity contribution >= 4 is 17.5 Å². The lowest BCUT2D eigenvalue weighted by Gasteiger charge is -2.08. The zero-order valence-corrected chi connectivity index (χ0v) is 9.54. The Morgan fingerprint density at radius 2 is 1.87 bits per heavy atom. The number of ether oxygens (including phenoxy) is 1. The molecule has 0 saturated heterocycles. The first-order valence-corrected chi connectivity index (χ1v) is 5.16. The number of hydrogen-bond donors (Lipinski definition) is 0. The van der Waals surface area contributed by atoms with Gasteiger partial charge in [-0.25, -0.2) is 0 Å². The highest BCUT2D eigenvalue weighted by Gasteiger charge is 2.13. The predicted molar refractivity (Wildman–Crippen MR) is 55.3 cm³/mol. The molecule has 0 aromatic heterocycles. The molecule has 4 heteroatoms. The number of carbonyl (C=O) groups excluding carboxylic acids is 3. The summed E-state index contributed by atoms with van der Waals surface area (Å²) in [7, 11) is 0. The normalized spacial score (nSPS) is 11.9. The third-order valence-electron chi connectivity index (χ3n) is 2.08. The lowest BCUT2D eigenvalue weighted by atomic mass is 9.99. The van der Waals surface area contributed by atoms with Crippen LogP contribution >= 0.6 is 0 Å². The molecule has 0 aliphatic rings. The van der Waals surface area contributed by atoms with E-state index >= 15 is 0 Å². The van der Waals surface area contributed by atoms with Crippen molar-refractivity contribution in [2.45, 2.75) is 40.0 Å². The Morgan fingerprint density at radius 3 is 2.33 bits per heavy atom. The van der Waals surface area contributed by atoms with Crippen LogP contribution in [0, 0.1) is 5.92 Å². The molecule has 1 atom stereocenters. The molecule has 0 spiro atoms. The predicted octanol–water partition coefficient (Wildman–Crippen LogP) is 1.51. The summed E-state index contributed by atoms with van der Waals surface area (Å²) in [4.78, 5) is 32.7. The van der Waals surface area contributed by atoms with Crippen LogP contribution in [0.5, 0.6) is 0 Å². The lowest BCUT2D eigenvalue weighted by Crippen LogP contribution is -2.13. The van der Waals surface area contributed by atoms with Gasteiger partial charge in [-0.05, 0) is 19.3 Å². The zero-order chi connectivity index (χ0) is 11.8. The minimum Gasteiger partial charge on any atom is -0.466 e. The summed E-state index contributed by atoms with van der Waals surface area (Å²) in [6.45, 7) is 5.25. The van der Waals surface area contributed by atoms with Crippen molar-refractivity contribution in [3.63, 3.8) is 0 Å². The maximum absolute atomic E-state index is 11.1. The molecule has 0 bridgehead atoms. The first-order chi connectivity index (χ1) is 6.97. The highest BCUT2D eigenvalue weighted by molar-refractivity contribution is 6.36. The van der Waals surface area contributed by atoms with Crippen molar-refractivity contribution < 1.29 is 19.1 Å². The van der Waals surface area contributed by atoms with Gasteiger partial charge in [0.15, 0.2) is 11.6 Å². The number of ketones is 2. The largest absolute Gasteiger partial charge is 0.466 e. The van der Waals surface area contributed by atoms with Gasteiger partial charge in [-0.2, -0.15) is 0 Å². The minimum atomic E-state index is -0.418. The number of esters is 1. The summed E-state index contributed by atoms with van der Waals surface area (Å²) < 4.78 is 4.78. The average molecular weight is 214 g/mol. The fourth-order valence-corrected chi connectivity index (χ4v) is 1.16. The fourth-order valence-electron chi connectivity index (χ4n) is 1.16. The SMILES string of the molecule is CCOC(=O)CC(C)CCC(=O)C(C)=O. The molecule has 15 heavy (non-hydrogen) atoms. The van der Waals surface area contributed by atoms with Crippen LogP contribution in [-0.2, 0) is 19.1 Å². The number of Topliss-reactive ketones (excluding diaryl/α,β-unsaturated/α-hetero) is 2. The smallest absolute Gasteiger partial charge is 0.306 e. The van der Waals surface area contributed by atoms with Crippen molar-refractivity contribution in [1.29, 1.82) is 0 Å². The first kappa shape index (κ1) is 13.8. The minimum absolute atomic E-state index is 0.0762. The second kappa shape index (κ2) is 7.15. The van der Waals surface area contributed by atoms with Crippen LogP contribution in [0.4, 0.5) is 0 Å². The van der Waals surface area contributed by atoms with Crippen LogP contribution in [0.2, 0.25) is 0 Å². The molecule has 0 aliphatic carbocycles. The molecule has 0 rings (SSSR count). The molecular formula is C11H18O4. The Hall–Kier alpha value is -1.19. The molecule has 86 valence electrons. The first-order valence-electron chi connectivity index (χ1n) is 5.16. The van der Waals surface area contributed by atoms with Crippen molar-refractivity contribution in [3.8, 4) is 0 Å². The third-order valence-corrected chi connectivity index (χ3v) is 2.08. The lowest BCUT2D eigenvalue weighted by molar-refractivity contribution is -0.144. The van der Waals surface area contributed by atoms with Crippen LogP contribution in [0.3, 0.4) is 0 Å². The van der Waals surface area contributed by atoms with Gasteiger partial charge in [0.05, 0.1) is 6.61 Å². The van der Waals surface area contributed by atoms with Crippen LogP contribution < -0.4 is 0 Å². The van der Waals surface area contributed by atoms with E-state index < -0.39 is 5.78 Å². The quantitative estimate of drug-likeness (QED) is 0.476. The van der Waals surface area contributed by atoms with Gasteiger partial charge in [-0.15, -0.1) is 0 Å². The van der Waals surface area contributed by atoms with E-state index in [1.807, 2.05) is 6.92 Å². The van der Waals surface area contributed by atoms with Gasteiger partial charge in [-0.1, -0.05) is 6.92 Å². The van der Waals surface area contributed by atoms with Gasteiger partial charge in [0.25, 0.3) is 0 Å². The van der Waals surface area contributed by atoms with Gasteiger partial charge in [-0.3, -0.25) is 14.4 Å². The second-order valence-corrected chi connectivity index (χ2v) is 3.63. The van der Waals surface area contributed by atoms with E-state index in [2.05, 4.69) is 0 Å². The molecule has 4 nitrogen and oxygen atoms in total. The van der Waals surface area contributed by atoms with Crippen molar-refractivity contribution in [1.82, 2.24) is 0 Å². The molecule has 0 aliphatic heterocycles. The number of carbonyl (C=O) groups is 3.